The zero-order valence-electron chi connectivity index (χ0n) is 12.7. The largest absolute Gasteiger partial charge is 0.488 e. The number of anilines is 2. The van der Waals surface area contributed by atoms with Crippen molar-refractivity contribution in [2.45, 2.75) is 40.7 Å². The van der Waals surface area contributed by atoms with Gasteiger partial charge in [0.05, 0.1) is 17.5 Å². The van der Waals surface area contributed by atoms with Crippen molar-refractivity contribution < 1.29 is 9.13 Å². The van der Waals surface area contributed by atoms with Crippen LogP contribution in [0.4, 0.5) is 15.8 Å². The molecule has 3 nitrogen and oxygen atoms in total. The highest BCUT2D eigenvalue weighted by Crippen LogP contribution is 2.32. The van der Waals surface area contributed by atoms with Crippen LogP contribution >= 0.6 is 0 Å². The van der Waals surface area contributed by atoms with Gasteiger partial charge in [0, 0.05) is 25.7 Å². The predicted molar refractivity (Wildman–Crippen MR) is 79.3 cm³/mol. The van der Waals surface area contributed by atoms with Crippen molar-refractivity contribution in [1.29, 1.82) is 0 Å². The van der Waals surface area contributed by atoms with Gasteiger partial charge in [-0.1, -0.05) is 20.8 Å². The number of ether oxygens (including phenoxy) is 1. The molecular formula is C15H25FN2O. The van der Waals surface area contributed by atoms with E-state index < -0.39 is 5.82 Å². The minimum atomic E-state index is -0.417. The van der Waals surface area contributed by atoms with Crippen LogP contribution < -0.4 is 15.4 Å². The lowest BCUT2D eigenvalue weighted by Gasteiger charge is -2.29. The van der Waals surface area contributed by atoms with Gasteiger partial charge in [-0.25, -0.2) is 4.39 Å². The maximum atomic E-state index is 13.8. The van der Waals surface area contributed by atoms with Crippen LogP contribution in [0.5, 0.6) is 5.75 Å². The Morgan fingerprint density at radius 2 is 1.89 bits per heavy atom. The number of nitrogens with two attached hydrogens (primary N) is 1. The number of nitrogens with zero attached hydrogens (tertiary/aromatic N) is 1. The molecule has 0 aliphatic rings. The van der Waals surface area contributed by atoms with E-state index in [1.807, 2.05) is 25.8 Å². The summed E-state index contributed by atoms with van der Waals surface area (Å²) in [5.74, 6) is -0.168. The molecule has 0 radical (unpaired) electrons. The molecule has 2 N–H and O–H groups in total. The van der Waals surface area contributed by atoms with Crippen molar-refractivity contribution in [3.63, 3.8) is 0 Å². The molecule has 0 spiro atoms. The van der Waals surface area contributed by atoms with Gasteiger partial charge in [0.2, 0.25) is 0 Å². The number of nitrogen functional groups attached to an aromatic ring is 1. The quantitative estimate of drug-likeness (QED) is 0.847. The molecule has 1 aromatic carbocycles. The Morgan fingerprint density at radius 1 is 1.32 bits per heavy atom. The monoisotopic (exact) mass is 268 g/mol. The Hall–Kier alpha value is -1.45. The first-order chi connectivity index (χ1) is 8.60. The summed E-state index contributed by atoms with van der Waals surface area (Å²) >= 11 is 0. The van der Waals surface area contributed by atoms with E-state index in [-0.39, 0.29) is 17.3 Å². The average Bonchev–Trinajstić information content (AvgIpc) is 2.18. The first kappa shape index (κ1) is 15.6. The van der Waals surface area contributed by atoms with Crippen LogP contribution in [-0.2, 0) is 0 Å². The van der Waals surface area contributed by atoms with Crippen molar-refractivity contribution >= 4 is 11.4 Å². The molecule has 1 aromatic rings. The maximum Gasteiger partial charge on any atom is 0.167 e. The third-order valence-corrected chi connectivity index (χ3v) is 2.57. The van der Waals surface area contributed by atoms with Gasteiger partial charge < -0.3 is 15.4 Å². The van der Waals surface area contributed by atoms with Gasteiger partial charge in [-0.05, 0) is 19.3 Å². The van der Waals surface area contributed by atoms with Crippen LogP contribution in [0.25, 0.3) is 0 Å². The zero-order chi connectivity index (χ0) is 14.8. The lowest BCUT2D eigenvalue weighted by atomic mass is 9.96. The summed E-state index contributed by atoms with van der Waals surface area (Å²) in [4.78, 5) is 2.03. The van der Waals surface area contributed by atoms with Gasteiger partial charge in [0.25, 0.3) is 0 Å². The van der Waals surface area contributed by atoms with Crippen LogP contribution in [0.2, 0.25) is 0 Å². The highest BCUT2D eigenvalue weighted by molar-refractivity contribution is 5.69. The fourth-order valence-corrected chi connectivity index (χ4v) is 2.03. The molecule has 0 aromatic heterocycles. The van der Waals surface area contributed by atoms with Gasteiger partial charge in [0.15, 0.2) is 11.6 Å². The first-order valence-corrected chi connectivity index (χ1v) is 6.57. The molecule has 0 saturated carbocycles. The fraction of sp³-hybridized carbons (Fsp3) is 0.600. The third kappa shape index (κ3) is 4.62. The van der Waals surface area contributed by atoms with E-state index in [4.69, 9.17) is 10.5 Å². The van der Waals surface area contributed by atoms with E-state index >= 15 is 0 Å². The lowest BCUT2D eigenvalue weighted by Crippen LogP contribution is -2.29. The van der Waals surface area contributed by atoms with Crippen LogP contribution in [0.1, 0.15) is 34.6 Å². The summed E-state index contributed by atoms with van der Waals surface area (Å²) in [5, 5.41) is 0. The standard InChI is InChI=1S/C15H25FN2O/c1-10(2)19-14-8-13(12(17)7-11(14)16)18(6)9-15(3,4)5/h7-8,10H,9,17H2,1-6H3. The van der Waals surface area contributed by atoms with E-state index in [2.05, 4.69) is 20.8 Å². The summed E-state index contributed by atoms with van der Waals surface area (Å²) in [6.07, 6.45) is -0.0705. The van der Waals surface area contributed by atoms with Crippen LogP contribution in [0, 0.1) is 11.2 Å². The number of hydrogen-bond acceptors (Lipinski definition) is 3. The highest BCUT2D eigenvalue weighted by Gasteiger charge is 2.18. The maximum absolute atomic E-state index is 13.8. The first-order valence-electron chi connectivity index (χ1n) is 6.57. The molecule has 108 valence electrons. The van der Waals surface area contributed by atoms with Gasteiger partial charge in [0.1, 0.15) is 0 Å². The number of benzene rings is 1. The summed E-state index contributed by atoms with van der Waals surface area (Å²) < 4.78 is 19.2. The second kappa shape index (κ2) is 5.68. The summed E-state index contributed by atoms with van der Waals surface area (Å²) in [6, 6.07) is 3.00. The molecule has 0 aliphatic carbocycles. The Kier molecular flexibility index (Phi) is 4.66. The average molecular weight is 268 g/mol. The van der Waals surface area contributed by atoms with Gasteiger partial charge >= 0.3 is 0 Å². The highest BCUT2D eigenvalue weighted by atomic mass is 19.1. The number of halogens is 1. The Balaban J connectivity index is 3.06. The van der Waals surface area contributed by atoms with Gasteiger partial charge in [-0.3, -0.25) is 0 Å². The third-order valence-electron chi connectivity index (χ3n) is 2.57. The molecule has 1 rings (SSSR count). The molecule has 0 heterocycles. The molecule has 0 atom stereocenters. The molecular weight excluding hydrogens is 243 g/mol. The van der Waals surface area contributed by atoms with Crippen molar-refractivity contribution in [3.05, 3.63) is 17.9 Å². The van der Waals surface area contributed by atoms with E-state index in [9.17, 15) is 4.39 Å². The Morgan fingerprint density at radius 3 is 2.37 bits per heavy atom. The van der Waals surface area contributed by atoms with E-state index in [1.54, 1.807) is 6.07 Å². The molecule has 0 bridgehead atoms. The number of hydrogen-bond donors (Lipinski definition) is 1. The molecule has 0 unspecified atom stereocenters. The van der Waals surface area contributed by atoms with Crippen molar-refractivity contribution in [3.8, 4) is 5.75 Å². The topological polar surface area (TPSA) is 38.5 Å². The fourth-order valence-electron chi connectivity index (χ4n) is 2.03. The minimum absolute atomic E-state index is 0.0705. The van der Waals surface area contributed by atoms with Crippen LogP contribution in [-0.4, -0.2) is 19.7 Å². The summed E-state index contributed by atoms with van der Waals surface area (Å²) in [6.45, 7) is 11.0. The second-order valence-electron chi connectivity index (χ2n) is 6.42. The van der Waals surface area contributed by atoms with Crippen LogP contribution in [0.15, 0.2) is 12.1 Å². The van der Waals surface area contributed by atoms with E-state index in [1.165, 1.54) is 6.07 Å². The van der Waals surface area contributed by atoms with E-state index in [0.717, 1.165) is 12.2 Å². The van der Waals surface area contributed by atoms with Gasteiger partial charge in [-0.2, -0.15) is 0 Å². The zero-order valence-corrected chi connectivity index (χ0v) is 12.7. The van der Waals surface area contributed by atoms with Crippen molar-refractivity contribution in [2.24, 2.45) is 5.41 Å². The summed E-state index contributed by atoms with van der Waals surface area (Å²) in [5.41, 5.74) is 7.27. The van der Waals surface area contributed by atoms with Crippen LogP contribution in [0.3, 0.4) is 0 Å². The predicted octanol–water partition coefficient (Wildman–Crippen LogP) is 3.68. The SMILES string of the molecule is CC(C)Oc1cc(N(C)CC(C)(C)C)c(N)cc1F. The Bertz CT molecular complexity index is 439. The van der Waals surface area contributed by atoms with E-state index in [0.29, 0.717) is 5.69 Å². The Labute approximate surface area is 115 Å². The second-order valence-corrected chi connectivity index (χ2v) is 6.42. The molecule has 0 aliphatic heterocycles. The molecule has 0 fully saturated rings. The molecule has 0 saturated heterocycles. The smallest absolute Gasteiger partial charge is 0.167 e. The molecule has 19 heavy (non-hydrogen) atoms. The normalized spacial score (nSPS) is 11.8. The molecule has 0 amide bonds. The van der Waals surface area contributed by atoms with Gasteiger partial charge in [-0.15, -0.1) is 0 Å². The number of rotatable bonds is 4. The minimum Gasteiger partial charge on any atom is -0.488 e. The van der Waals surface area contributed by atoms with Crippen molar-refractivity contribution in [1.82, 2.24) is 0 Å². The molecule has 4 heteroatoms. The lowest BCUT2D eigenvalue weighted by molar-refractivity contribution is 0.231. The summed E-state index contributed by atoms with van der Waals surface area (Å²) in [7, 11) is 1.95. The van der Waals surface area contributed by atoms with Crippen molar-refractivity contribution in [2.75, 3.05) is 24.2 Å².